The summed E-state index contributed by atoms with van der Waals surface area (Å²) < 4.78 is 0. The molecule has 2 aliphatic carbocycles. The molecule has 0 spiro atoms. The van der Waals surface area contributed by atoms with Crippen molar-refractivity contribution in [3.05, 3.63) is 0 Å². The molecule has 0 N–H and O–H groups in total. The summed E-state index contributed by atoms with van der Waals surface area (Å²) in [6.07, 6.45) is 6.71. The van der Waals surface area contributed by atoms with Crippen LogP contribution in [0.5, 0.6) is 0 Å². The van der Waals surface area contributed by atoms with Crippen LogP contribution in [0, 0.1) is 23.7 Å². The molecule has 2 heteroatoms. The highest BCUT2D eigenvalue weighted by Crippen LogP contribution is 2.47. The first kappa shape index (κ1) is 11.8. The third-order valence-corrected chi connectivity index (χ3v) is 4.73. The average molecular weight is 222 g/mol. The summed E-state index contributed by atoms with van der Waals surface area (Å²) in [5.41, 5.74) is 0. The lowest BCUT2D eigenvalue weighted by molar-refractivity contribution is -0.131. The molecule has 0 heterocycles. The van der Waals surface area contributed by atoms with E-state index in [9.17, 15) is 9.59 Å². The van der Waals surface area contributed by atoms with E-state index in [4.69, 9.17) is 0 Å². The van der Waals surface area contributed by atoms with Crippen LogP contribution in [-0.4, -0.2) is 11.6 Å². The van der Waals surface area contributed by atoms with Crippen LogP contribution >= 0.6 is 0 Å². The van der Waals surface area contributed by atoms with Crippen molar-refractivity contribution < 1.29 is 9.59 Å². The van der Waals surface area contributed by atoms with E-state index in [2.05, 4.69) is 0 Å². The third kappa shape index (κ3) is 2.07. The minimum absolute atomic E-state index is 0.251. The smallest absolute Gasteiger partial charge is 0.133 e. The van der Waals surface area contributed by atoms with Gasteiger partial charge >= 0.3 is 0 Å². The molecule has 2 saturated carbocycles. The zero-order valence-electron chi connectivity index (χ0n) is 10.4. The molecule has 0 amide bonds. The van der Waals surface area contributed by atoms with Gasteiger partial charge in [-0.2, -0.15) is 0 Å². The standard InChI is InChI=1S/C14H22O2/c1-9(15)11-5-3-8-14-12(10(2)16)6-4-7-13(11)14/h11-14H,3-8H2,1-2H3/t11-,12-,13?,14?/m0/s1. The van der Waals surface area contributed by atoms with E-state index in [0.29, 0.717) is 23.4 Å². The van der Waals surface area contributed by atoms with Gasteiger partial charge in [0.15, 0.2) is 0 Å². The molecule has 0 aromatic rings. The molecular formula is C14H22O2. The van der Waals surface area contributed by atoms with Gasteiger partial charge in [-0.05, 0) is 51.4 Å². The molecule has 2 unspecified atom stereocenters. The van der Waals surface area contributed by atoms with Crippen molar-refractivity contribution in [1.82, 2.24) is 0 Å². The Morgan fingerprint density at radius 1 is 0.750 bits per heavy atom. The quantitative estimate of drug-likeness (QED) is 0.719. The first-order valence-electron chi connectivity index (χ1n) is 6.62. The van der Waals surface area contributed by atoms with Gasteiger partial charge in [-0.3, -0.25) is 9.59 Å². The summed E-state index contributed by atoms with van der Waals surface area (Å²) in [6.45, 7) is 3.45. The van der Waals surface area contributed by atoms with Crippen LogP contribution < -0.4 is 0 Å². The molecule has 2 aliphatic rings. The molecule has 2 rings (SSSR count). The normalized spacial score (nSPS) is 38.9. The average Bonchev–Trinajstić information content (AvgIpc) is 2.27. The molecule has 2 nitrogen and oxygen atoms in total. The lowest BCUT2D eigenvalue weighted by Gasteiger charge is -2.44. The molecule has 16 heavy (non-hydrogen) atoms. The van der Waals surface area contributed by atoms with Crippen molar-refractivity contribution in [1.29, 1.82) is 0 Å². The van der Waals surface area contributed by atoms with E-state index in [-0.39, 0.29) is 11.8 Å². The van der Waals surface area contributed by atoms with Crippen molar-refractivity contribution in [2.75, 3.05) is 0 Å². The molecule has 4 atom stereocenters. The maximum atomic E-state index is 11.6. The Morgan fingerprint density at radius 3 is 1.44 bits per heavy atom. The van der Waals surface area contributed by atoms with Crippen molar-refractivity contribution in [2.45, 2.75) is 52.4 Å². The van der Waals surface area contributed by atoms with Crippen LogP contribution in [0.15, 0.2) is 0 Å². The molecule has 2 fully saturated rings. The Kier molecular flexibility index (Phi) is 3.46. The van der Waals surface area contributed by atoms with Gasteiger partial charge in [-0.25, -0.2) is 0 Å². The molecule has 90 valence electrons. The Hall–Kier alpha value is -0.660. The van der Waals surface area contributed by atoms with Gasteiger partial charge in [0.2, 0.25) is 0 Å². The Balaban J connectivity index is 2.17. The minimum atomic E-state index is 0.251. The highest BCUT2D eigenvalue weighted by atomic mass is 16.1. The van der Waals surface area contributed by atoms with Crippen LogP contribution in [-0.2, 0) is 9.59 Å². The summed E-state index contributed by atoms with van der Waals surface area (Å²) in [7, 11) is 0. The van der Waals surface area contributed by atoms with Crippen molar-refractivity contribution in [3.8, 4) is 0 Å². The van der Waals surface area contributed by atoms with Crippen molar-refractivity contribution in [2.24, 2.45) is 23.7 Å². The van der Waals surface area contributed by atoms with Crippen LogP contribution in [0.4, 0.5) is 0 Å². The summed E-state index contributed by atoms with van der Waals surface area (Å²) in [4.78, 5) is 23.3. The van der Waals surface area contributed by atoms with Crippen LogP contribution in [0.25, 0.3) is 0 Å². The van der Waals surface area contributed by atoms with Crippen LogP contribution in [0.1, 0.15) is 52.4 Å². The first-order chi connectivity index (χ1) is 7.61. The van der Waals surface area contributed by atoms with E-state index in [1.165, 1.54) is 12.8 Å². The van der Waals surface area contributed by atoms with Gasteiger partial charge in [0.1, 0.15) is 11.6 Å². The fourth-order valence-corrected chi connectivity index (χ4v) is 4.01. The number of Topliss-reactive ketones (excluding diaryl/α,β-unsaturated/α-hetero) is 2. The predicted molar refractivity (Wildman–Crippen MR) is 63.0 cm³/mol. The molecule has 0 radical (unpaired) electrons. The minimum Gasteiger partial charge on any atom is -0.300 e. The zero-order valence-corrected chi connectivity index (χ0v) is 10.4. The lowest BCUT2D eigenvalue weighted by Crippen LogP contribution is -2.41. The highest BCUT2D eigenvalue weighted by Gasteiger charge is 2.42. The van der Waals surface area contributed by atoms with E-state index in [1.807, 2.05) is 0 Å². The number of ketones is 2. The Bertz CT molecular complexity index is 265. The second-order valence-electron chi connectivity index (χ2n) is 5.62. The fraction of sp³-hybridized carbons (Fsp3) is 0.857. The lowest BCUT2D eigenvalue weighted by atomic mass is 9.60. The monoisotopic (exact) mass is 222 g/mol. The Morgan fingerprint density at radius 2 is 1.12 bits per heavy atom. The SMILES string of the molecule is CC(=O)[C@@H]1CCCC2C1CCC[C@H]2C(C)=O. The summed E-state index contributed by atoms with van der Waals surface area (Å²) in [6, 6.07) is 0. The number of hydrogen-bond acceptors (Lipinski definition) is 2. The largest absolute Gasteiger partial charge is 0.300 e. The number of rotatable bonds is 2. The van der Waals surface area contributed by atoms with Gasteiger partial charge in [0.05, 0.1) is 0 Å². The van der Waals surface area contributed by atoms with Crippen molar-refractivity contribution in [3.63, 3.8) is 0 Å². The molecular weight excluding hydrogens is 200 g/mol. The molecule has 0 saturated heterocycles. The molecule has 0 aromatic heterocycles. The summed E-state index contributed by atoms with van der Waals surface area (Å²) in [5, 5.41) is 0. The number of fused-ring (bicyclic) bond motifs is 1. The molecule has 0 aliphatic heterocycles. The van der Waals surface area contributed by atoms with Gasteiger partial charge in [-0.1, -0.05) is 12.8 Å². The van der Waals surface area contributed by atoms with Crippen LogP contribution in [0.3, 0.4) is 0 Å². The second kappa shape index (κ2) is 4.68. The summed E-state index contributed by atoms with van der Waals surface area (Å²) in [5.74, 6) is 2.21. The highest BCUT2D eigenvalue weighted by molar-refractivity contribution is 5.80. The van der Waals surface area contributed by atoms with Gasteiger partial charge < -0.3 is 0 Å². The molecule has 0 bridgehead atoms. The predicted octanol–water partition coefficient (Wildman–Crippen LogP) is 3.00. The summed E-state index contributed by atoms with van der Waals surface area (Å²) >= 11 is 0. The van der Waals surface area contributed by atoms with Gasteiger partial charge in [0, 0.05) is 11.8 Å². The number of hydrogen-bond donors (Lipinski definition) is 0. The number of carbonyl (C=O) groups is 2. The van der Waals surface area contributed by atoms with Crippen molar-refractivity contribution >= 4 is 11.6 Å². The van der Waals surface area contributed by atoms with E-state index < -0.39 is 0 Å². The van der Waals surface area contributed by atoms with E-state index in [0.717, 1.165) is 25.7 Å². The van der Waals surface area contributed by atoms with Crippen LogP contribution in [0.2, 0.25) is 0 Å². The first-order valence-corrected chi connectivity index (χ1v) is 6.62. The topological polar surface area (TPSA) is 34.1 Å². The van der Waals surface area contributed by atoms with E-state index >= 15 is 0 Å². The van der Waals surface area contributed by atoms with Gasteiger partial charge in [0.25, 0.3) is 0 Å². The van der Waals surface area contributed by atoms with E-state index in [1.54, 1.807) is 13.8 Å². The maximum Gasteiger partial charge on any atom is 0.133 e. The number of carbonyl (C=O) groups excluding carboxylic acids is 2. The Labute approximate surface area is 97.8 Å². The van der Waals surface area contributed by atoms with Gasteiger partial charge in [-0.15, -0.1) is 0 Å². The third-order valence-electron chi connectivity index (χ3n) is 4.73. The second-order valence-corrected chi connectivity index (χ2v) is 5.62. The fourth-order valence-electron chi connectivity index (χ4n) is 4.01. The maximum absolute atomic E-state index is 11.6. The molecule has 0 aromatic carbocycles. The zero-order chi connectivity index (χ0) is 11.7.